The van der Waals surface area contributed by atoms with E-state index in [0.29, 0.717) is 11.5 Å². The van der Waals surface area contributed by atoms with Crippen LogP contribution in [0.15, 0.2) is 18.2 Å². The molecule has 1 aromatic rings. The van der Waals surface area contributed by atoms with E-state index < -0.39 is 23.9 Å². The number of hydrogen-bond acceptors (Lipinski definition) is 7. The fourth-order valence-corrected chi connectivity index (χ4v) is 1.69. The highest BCUT2D eigenvalue weighted by Crippen LogP contribution is 2.18. The van der Waals surface area contributed by atoms with Crippen LogP contribution in [0, 0.1) is 0 Å². The molecule has 124 valence electrons. The maximum Gasteiger partial charge on any atom is 0.407 e. The molecular weight excluding hydrogens is 288 g/mol. The maximum atomic E-state index is 11.5. The van der Waals surface area contributed by atoms with Gasteiger partial charge in [0.25, 0.3) is 0 Å². The Morgan fingerprint density at radius 3 is 2.68 bits per heavy atom. The van der Waals surface area contributed by atoms with Crippen molar-refractivity contribution in [3.63, 3.8) is 0 Å². The number of amides is 1. The minimum absolute atomic E-state index is 0.155. The molecule has 1 rings (SSSR count). The SMILES string of the molecule is CC(C)(C)OC(=O)NCCC(O)C(O)c1cccc(NN)n1. The lowest BCUT2D eigenvalue weighted by Crippen LogP contribution is -2.34. The van der Waals surface area contributed by atoms with E-state index in [9.17, 15) is 15.0 Å². The van der Waals surface area contributed by atoms with E-state index in [1.165, 1.54) is 0 Å². The summed E-state index contributed by atoms with van der Waals surface area (Å²) in [7, 11) is 0. The molecule has 0 saturated heterocycles. The van der Waals surface area contributed by atoms with Gasteiger partial charge in [0.1, 0.15) is 17.5 Å². The number of aromatic nitrogens is 1. The van der Waals surface area contributed by atoms with E-state index in [1.807, 2.05) is 0 Å². The second-order valence-corrected chi connectivity index (χ2v) is 5.82. The summed E-state index contributed by atoms with van der Waals surface area (Å²) in [5, 5.41) is 22.5. The van der Waals surface area contributed by atoms with Crippen molar-refractivity contribution in [2.24, 2.45) is 5.84 Å². The fraction of sp³-hybridized carbons (Fsp3) is 0.571. The van der Waals surface area contributed by atoms with Crippen LogP contribution in [0.25, 0.3) is 0 Å². The van der Waals surface area contributed by atoms with Crippen LogP contribution in [0.2, 0.25) is 0 Å². The van der Waals surface area contributed by atoms with Gasteiger partial charge in [0, 0.05) is 6.54 Å². The molecule has 1 amide bonds. The molecule has 2 atom stereocenters. The number of pyridine rings is 1. The molecule has 22 heavy (non-hydrogen) atoms. The van der Waals surface area contributed by atoms with Gasteiger partial charge in [0.15, 0.2) is 0 Å². The van der Waals surface area contributed by atoms with E-state index in [0.717, 1.165) is 0 Å². The fourth-order valence-electron chi connectivity index (χ4n) is 1.69. The molecule has 2 unspecified atom stereocenters. The van der Waals surface area contributed by atoms with Crippen molar-refractivity contribution in [1.82, 2.24) is 10.3 Å². The molecule has 6 N–H and O–H groups in total. The number of ether oxygens (including phenoxy) is 1. The first-order valence-corrected chi connectivity index (χ1v) is 6.99. The molecule has 1 heterocycles. The summed E-state index contributed by atoms with van der Waals surface area (Å²) in [6.07, 6.45) is -2.66. The number of nitrogens with zero attached hydrogens (tertiary/aromatic N) is 1. The van der Waals surface area contributed by atoms with Gasteiger partial charge in [-0.25, -0.2) is 15.6 Å². The predicted octanol–water partition coefficient (Wildman–Crippen LogP) is 0.676. The van der Waals surface area contributed by atoms with E-state index in [4.69, 9.17) is 10.6 Å². The van der Waals surface area contributed by atoms with Crippen LogP contribution in [0.5, 0.6) is 0 Å². The van der Waals surface area contributed by atoms with Crippen molar-refractivity contribution in [2.75, 3.05) is 12.0 Å². The minimum atomic E-state index is -1.17. The summed E-state index contributed by atoms with van der Waals surface area (Å²) >= 11 is 0. The highest BCUT2D eigenvalue weighted by molar-refractivity contribution is 5.67. The highest BCUT2D eigenvalue weighted by Gasteiger charge is 2.21. The van der Waals surface area contributed by atoms with Gasteiger partial charge in [-0.2, -0.15) is 0 Å². The number of aliphatic hydroxyl groups is 2. The Kier molecular flexibility index (Phi) is 6.54. The number of hydrazine groups is 1. The first-order valence-electron chi connectivity index (χ1n) is 6.99. The third-order valence-electron chi connectivity index (χ3n) is 2.69. The van der Waals surface area contributed by atoms with Gasteiger partial charge < -0.3 is 25.7 Å². The van der Waals surface area contributed by atoms with Crippen LogP contribution in [0.1, 0.15) is 39.0 Å². The number of alkyl carbamates (subject to hydrolysis) is 1. The lowest BCUT2D eigenvalue weighted by atomic mass is 10.1. The van der Waals surface area contributed by atoms with Crippen molar-refractivity contribution in [3.8, 4) is 0 Å². The van der Waals surface area contributed by atoms with E-state index in [-0.39, 0.29) is 13.0 Å². The molecule has 0 fully saturated rings. The highest BCUT2D eigenvalue weighted by atomic mass is 16.6. The smallest absolute Gasteiger partial charge is 0.407 e. The zero-order valence-corrected chi connectivity index (χ0v) is 13.0. The van der Waals surface area contributed by atoms with E-state index >= 15 is 0 Å². The molecule has 8 nitrogen and oxygen atoms in total. The normalized spacial score (nSPS) is 14.1. The van der Waals surface area contributed by atoms with Crippen molar-refractivity contribution in [3.05, 3.63) is 23.9 Å². The van der Waals surface area contributed by atoms with Crippen LogP contribution >= 0.6 is 0 Å². The zero-order valence-electron chi connectivity index (χ0n) is 13.0. The number of nitrogens with one attached hydrogen (secondary N) is 2. The van der Waals surface area contributed by atoms with Gasteiger partial charge in [-0.3, -0.25) is 0 Å². The molecule has 0 spiro atoms. The van der Waals surface area contributed by atoms with Gasteiger partial charge in [-0.05, 0) is 39.3 Å². The Bertz CT molecular complexity index is 490. The molecule has 0 aromatic carbocycles. The summed E-state index contributed by atoms with van der Waals surface area (Å²) in [6.45, 7) is 5.45. The first-order chi connectivity index (χ1) is 10.2. The second kappa shape index (κ2) is 7.92. The van der Waals surface area contributed by atoms with Crippen LogP contribution in [-0.2, 0) is 4.74 Å². The van der Waals surface area contributed by atoms with Gasteiger partial charge in [0.05, 0.1) is 11.8 Å². The topological polar surface area (TPSA) is 130 Å². The van der Waals surface area contributed by atoms with E-state index in [2.05, 4.69) is 15.7 Å². The Balaban J connectivity index is 2.44. The first kappa shape index (κ1) is 18.1. The standard InChI is InChI=1S/C14H24N4O4/c1-14(2,3)22-13(21)16-8-7-10(19)12(20)9-5-4-6-11(17-9)18-15/h4-6,10,12,19-20H,7-8,15H2,1-3H3,(H,16,21)(H,17,18). The van der Waals surface area contributed by atoms with Crippen LogP contribution < -0.4 is 16.6 Å². The number of anilines is 1. The van der Waals surface area contributed by atoms with Gasteiger partial charge in [0.2, 0.25) is 0 Å². The van der Waals surface area contributed by atoms with Gasteiger partial charge >= 0.3 is 6.09 Å². The minimum Gasteiger partial charge on any atom is -0.444 e. The molecular formula is C14H24N4O4. The number of nitrogens with two attached hydrogens (primary N) is 1. The number of nitrogen functional groups attached to an aromatic ring is 1. The monoisotopic (exact) mass is 312 g/mol. The third kappa shape index (κ3) is 6.25. The van der Waals surface area contributed by atoms with Crippen molar-refractivity contribution < 1.29 is 19.7 Å². The summed E-state index contributed by atoms with van der Waals surface area (Å²) in [6, 6.07) is 4.87. The number of rotatable bonds is 6. The summed E-state index contributed by atoms with van der Waals surface area (Å²) in [5.41, 5.74) is 2.07. The lowest BCUT2D eigenvalue weighted by Gasteiger charge is -2.21. The summed E-state index contributed by atoms with van der Waals surface area (Å²) < 4.78 is 5.07. The molecule has 0 saturated carbocycles. The number of aliphatic hydroxyl groups excluding tert-OH is 2. The molecule has 0 aliphatic heterocycles. The summed E-state index contributed by atoms with van der Waals surface area (Å²) in [5.74, 6) is 5.63. The average molecular weight is 312 g/mol. The molecule has 8 heteroatoms. The Hall–Kier alpha value is -1.90. The van der Waals surface area contributed by atoms with Crippen LogP contribution in [-0.4, -0.2) is 39.5 Å². The van der Waals surface area contributed by atoms with Crippen LogP contribution in [0.4, 0.5) is 10.6 Å². The number of carbonyl (C=O) groups excluding carboxylic acids is 1. The lowest BCUT2D eigenvalue weighted by molar-refractivity contribution is 0.0100. The van der Waals surface area contributed by atoms with Crippen molar-refractivity contribution in [2.45, 2.75) is 45.0 Å². The predicted molar refractivity (Wildman–Crippen MR) is 81.9 cm³/mol. The molecule has 0 aliphatic rings. The zero-order chi connectivity index (χ0) is 16.8. The molecule has 0 bridgehead atoms. The Morgan fingerprint density at radius 1 is 1.41 bits per heavy atom. The van der Waals surface area contributed by atoms with E-state index in [1.54, 1.807) is 39.0 Å². The molecule has 1 aromatic heterocycles. The second-order valence-electron chi connectivity index (χ2n) is 5.82. The van der Waals surface area contributed by atoms with Gasteiger partial charge in [-0.1, -0.05) is 6.07 Å². The third-order valence-corrected chi connectivity index (χ3v) is 2.69. The largest absolute Gasteiger partial charge is 0.444 e. The van der Waals surface area contributed by atoms with Gasteiger partial charge in [-0.15, -0.1) is 0 Å². The average Bonchev–Trinajstić information content (AvgIpc) is 2.44. The van der Waals surface area contributed by atoms with Crippen LogP contribution in [0.3, 0.4) is 0 Å². The van der Waals surface area contributed by atoms with Crippen molar-refractivity contribution in [1.29, 1.82) is 0 Å². The Labute approximate surface area is 129 Å². The number of carbonyl (C=O) groups is 1. The summed E-state index contributed by atoms with van der Waals surface area (Å²) in [4.78, 5) is 15.5. The molecule has 0 radical (unpaired) electrons. The quantitative estimate of drug-likeness (QED) is 0.385. The number of hydrogen-bond donors (Lipinski definition) is 5. The Morgan fingerprint density at radius 2 is 2.09 bits per heavy atom. The molecule has 0 aliphatic carbocycles. The maximum absolute atomic E-state index is 11.5. The van der Waals surface area contributed by atoms with Crippen molar-refractivity contribution >= 4 is 11.9 Å².